The van der Waals surface area contributed by atoms with Gasteiger partial charge in [-0.1, -0.05) is 13.0 Å². The van der Waals surface area contributed by atoms with Crippen molar-refractivity contribution in [3.8, 4) is 5.88 Å². The summed E-state index contributed by atoms with van der Waals surface area (Å²) in [6.45, 7) is 3.90. The van der Waals surface area contributed by atoms with Crippen LogP contribution >= 0.6 is 0 Å². The average Bonchev–Trinajstić information content (AvgIpc) is 3.42. The zero-order valence-electron chi connectivity index (χ0n) is 14.5. The topological polar surface area (TPSA) is 91.8 Å². The number of nitrogens with one attached hydrogen (secondary N) is 1. The molecule has 25 heavy (non-hydrogen) atoms. The van der Waals surface area contributed by atoms with Crippen LogP contribution < -0.4 is 10.1 Å². The fourth-order valence-electron chi connectivity index (χ4n) is 3.07. The lowest BCUT2D eigenvalue weighted by Gasteiger charge is -2.34. The number of hydrogen-bond donors (Lipinski definition) is 2. The van der Waals surface area contributed by atoms with E-state index in [1.165, 1.54) is 12.8 Å². The van der Waals surface area contributed by atoms with Crippen molar-refractivity contribution in [2.75, 3.05) is 19.7 Å². The number of likely N-dealkylation sites (tertiary alicyclic amines) is 1. The first-order valence-corrected chi connectivity index (χ1v) is 8.84. The SMILES string of the molecule is CC1CC(C(=O)O)CN(C(=O)NCc2ccc(OCC3CC3)nc2)C1. The monoisotopic (exact) mass is 347 g/mol. The minimum atomic E-state index is -0.838. The molecule has 1 aromatic heterocycles. The van der Waals surface area contributed by atoms with E-state index in [0.29, 0.717) is 31.3 Å². The van der Waals surface area contributed by atoms with E-state index in [0.717, 1.165) is 12.2 Å². The number of urea groups is 1. The first-order valence-electron chi connectivity index (χ1n) is 8.84. The van der Waals surface area contributed by atoms with Crippen LogP contribution in [0, 0.1) is 17.8 Å². The Labute approximate surface area is 147 Å². The van der Waals surface area contributed by atoms with Gasteiger partial charge in [-0.15, -0.1) is 0 Å². The highest BCUT2D eigenvalue weighted by Crippen LogP contribution is 2.29. The summed E-state index contributed by atoms with van der Waals surface area (Å²) in [4.78, 5) is 29.4. The Morgan fingerprint density at radius 3 is 2.80 bits per heavy atom. The number of amides is 2. The summed E-state index contributed by atoms with van der Waals surface area (Å²) < 4.78 is 5.59. The van der Waals surface area contributed by atoms with Gasteiger partial charge in [0.2, 0.25) is 5.88 Å². The van der Waals surface area contributed by atoms with E-state index in [-0.39, 0.29) is 18.5 Å². The standard InChI is InChI=1S/C18H25N3O4/c1-12-6-15(17(22)23)10-21(9-12)18(24)20-8-14-4-5-16(19-7-14)25-11-13-2-3-13/h4-5,7,12-13,15H,2-3,6,8-11H2,1H3,(H,20,24)(H,22,23). The number of carbonyl (C=O) groups excluding carboxylic acids is 1. The van der Waals surface area contributed by atoms with E-state index in [1.54, 1.807) is 11.1 Å². The third-order valence-electron chi connectivity index (χ3n) is 4.70. The molecule has 7 nitrogen and oxygen atoms in total. The van der Waals surface area contributed by atoms with Crippen molar-refractivity contribution in [2.45, 2.75) is 32.7 Å². The molecule has 136 valence electrons. The number of aliphatic carboxylic acids is 1. The Morgan fingerprint density at radius 2 is 2.16 bits per heavy atom. The Kier molecular flexibility index (Phi) is 5.40. The number of rotatable bonds is 6. The lowest BCUT2D eigenvalue weighted by atomic mass is 9.91. The van der Waals surface area contributed by atoms with Crippen LogP contribution in [0.3, 0.4) is 0 Å². The van der Waals surface area contributed by atoms with Gasteiger partial charge in [0.05, 0.1) is 12.5 Å². The molecule has 2 N–H and O–H groups in total. The summed E-state index contributed by atoms with van der Waals surface area (Å²) in [7, 11) is 0. The number of piperidine rings is 1. The highest BCUT2D eigenvalue weighted by atomic mass is 16.5. The molecule has 2 aliphatic rings. The maximum atomic E-state index is 12.3. The summed E-state index contributed by atoms with van der Waals surface area (Å²) in [5.41, 5.74) is 0.881. The van der Waals surface area contributed by atoms with Gasteiger partial charge in [0.25, 0.3) is 0 Å². The molecule has 2 amide bonds. The number of pyridine rings is 1. The number of aromatic nitrogens is 1. The molecule has 2 atom stereocenters. The van der Waals surface area contributed by atoms with E-state index >= 15 is 0 Å². The van der Waals surface area contributed by atoms with Crippen molar-refractivity contribution in [1.29, 1.82) is 0 Å². The molecule has 2 fully saturated rings. The highest BCUT2D eigenvalue weighted by Gasteiger charge is 2.31. The number of carboxylic acid groups (broad SMARTS) is 1. The second-order valence-corrected chi connectivity index (χ2v) is 7.20. The van der Waals surface area contributed by atoms with Gasteiger partial charge in [-0.2, -0.15) is 0 Å². The molecule has 2 heterocycles. The lowest BCUT2D eigenvalue weighted by molar-refractivity contribution is -0.143. The average molecular weight is 347 g/mol. The third-order valence-corrected chi connectivity index (χ3v) is 4.70. The van der Waals surface area contributed by atoms with Crippen molar-refractivity contribution in [2.24, 2.45) is 17.8 Å². The Bertz CT molecular complexity index is 615. The molecule has 3 rings (SSSR count). The van der Waals surface area contributed by atoms with E-state index in [2.05, 4.69) is 10.3 Å². The number of nitrogens with zero attached hydrogens (tertiary/aromatic N) is 2. The van der Waals surface area contributed by atoms with Gasteiger partial charge in [-0.05, 0) is 36.7 Å². The first-order chi connectivity index (χ1) is 12.0. The second kappa shape index (κ2) is 7.72. The van der Waals surface area contributed by atoms with Crippen LogP contribution in [0.15, 0.2) is 18.3 Å². The maximum absolute atomic E-state index is 12.3. The van der Waals surface area contributed by atoms with Crippen LogP contribution in [0.25, 0.3) is 0 Å². The van der Waals surface area contributed by atoms with Crippen LogP contribution in [-0.4, -0.2) is 46.7 Å². The molecule has 1 saturated carbocycles. The summed E-state index contributed by atoms with van der Waals surface area (Å²) in [6, 6.07) is 3.47. The van der Waals surface area contributed by atoms with Gasteiger partial charge in [-0.3, -0.25) is 4.79 Å². The van der Waals surface area contributed by atoms with Gasteiger partial charge in [0, 0.05) is 31.9 Å². The predicted molar refractivity (Wildman–Crippen MR) is 91.2 cm³/mol. The Hall–Kier alpha value is -2.31. The maximum Gasteiger partial charge on any atom is 0.317 e. The lowest BCUT2D eigenvalue weighted by Crippen LogP contribution is -2.49. The Balaban J connectivity index is 1.46. The molecule has 0 radical (unpaired) electrons. The smallest absolute Gasteiger partial charge is 0.317 e. The van der Waals surface area contributed by atoms with E-state index in [1.807, 2.05) is 19.1 Å². The Morgan fingerprint density at radius 1 is 1.36 bits per heavy atom. The first kappa shape index (κ1) is 17.5. The minimum Gasteiger partial charge on any atom is -0.481 e. The van der Waals surface area contributed by atoms with E-state index < -0.39 is 11.9 Å². The van der Waals surface area contributed by atoms with Gasteiger partial charge >= 0.3 is 12.0 Å². The van der Waals surface area contributed by atoms with Crippen molar-refractivity contribution >= 4 is 12.0 Å². The predicted octanol–water partition coefficient (Wildman–Crippen LogP) is 2.12. The molecule has 1 aliphatic carbocycles. The summed E-state index contributed by atoms with van der Waals surface area (Å²) in [6.07, 6.45) is 4.79. The molecule has 0 spiro atoms. The summed E-state index contributed by atoms with van der Waals surface area (Å²) in [5, 5.41) is 12.0. The second-order valence-electron chi connectivity index (χ2n) is 7.20. The van der Waals surface area contributed by atoms with Gasteiger partial charge in [0.15, 0.2) is 0 Å². The van der Waals surface area contributed by atoms with Crippen LogP contribution in [0.4, 0.5) is 4.79 Å². The van der Waals surface area contributed by atoms with Gasteiger partial charge in [-0.25, -0.2) is 9.78 Å². The van der Waals surface area contributed by atoms with Crippen molar-refractivity contribution in [3.05, 3.63) is 23.9 Å². The van der Waals surface area contributed by atoms with Crippen molar-refractivity contribution < 1.29 is 19.4 Å². The molecular weight excluding hydrogens is 322 g/mol. The zero-order valence-corrected chi connectivity index (χ0v) is 14.5. The quantitative estimate of drug-likeness (QED) is 0.822. The highest BCUT2D eigenvalue weighted by molar-refractivity contribution is 5.76. The summed E-state index contributed by atoms with van der Waals surface area (Å²) in [5.74, 6) is 0.151. The number of carbonyl (C=O) groups is 2. The molecule has 0 bridgehead atoms. The fraction of sp³-hybridized carbons (Fsp3) is 0.611. The molecular formula is C18H25N3O4. The largest absolute Gasteiger partial charge is 0.481 e. The van der Waals surface area contributed by atoms with E-state index in [9.17, 15) is 14.7 Å². The molecule has 1 aromatic rings. The van der Waals surface area contributed by atoms with Gasteiger partial charge in [0.1, 0.15) is 0 Å². The summed E-state index contributed by atoms with van der Waals surface area (Å²) >= 11 is 0. The molecule has 0 aromatic carbocycles. The van der Waals surface area contributed by atoms with Crippen LogP contribution in [-0.2, 0) is 11.3 Å². The van der Waals surface area contributed by atoms with Crippen LogP contribution in [0.5, 0.6) is 5.88 Å². The zero-order chi connectivity index (χ0) is 17.8. The van der Waals surface area contributed by atoms with Crippen LogP contribution in [0.2, 0.25) is 0 Å². The normalized spacial score (nSPS) is 23.2. The van der Waals surface area contributed by atoms with Crippen LogP contribution in [0.1, 0.15) is 31.7 Å². The van der Waals surface area contributed by atoms with E-state index in [4.69, 9.17) is 4.74 Å². The molecule has 1 aliphatic heterocycles. The number of carboxylic acids is 1. The molecule has 1 saturated heterocycles. The minimum absolute atomic E-state index is 0.185. The number of hydrogen-bond acceptors (Lipinski definition) is 4. The number of ether oxygens (including phenoxy) is 1. The van der Waals surface area contributed by atoms with Crippen molar-refractivity contribution in [1.82, 2.24) is 15.2 Å². The molecule has 7 heteroatoms. The van der Waals surface area contributed by atoms with Crippen molar-refractivity contribution in [3.63, 3.8) is 0 Å². The van der Waals surface area contributed by atoms with Gasteiger partial charge < -0.3 is 20.1 Å². The molecule has 2 unspecified atom stereocenters. The third kappa shape index (κ3) is 5.08. The fourth-order valence-corrected chi connectivity index (χ4v) is 3.07.